The number of nitrogens with two attached hydrogens (primary N) is 1. The van der Waals surface area contributed by atoms with Gasteiger partial charge in [-0.05, 0) is 31.5 Å². The lowest BCUT2D eigenvalue weighted by atomic mass is 10.1. The highest BCUT2D eigenvalue weighted by Crippen LogP contribution is 2.17. The molecule has 2 aromatic rings. The van der Waals surface area contributed by atoms with Crippen LogP contribution in [0.5, 0.6) is 0 Å². The van der Waals surface area contributed by atoms with Crippen molar-refractivity contribution in [1.29, 1.82) is 0 Å². The first-order valence-corrected chi connectivity index (χ1v) is 6.69. The zero-order valence-corrected chi connectivity index (χ0v) is 11.8. The van der Waals surface area contributed by atoms with Crippen molar-refractivity contribution < 1.29 is 0 Å². The Bertz CT molecular complexity index is 549. The highest BCUT2D eigenvalue weighted by molar-refractivity contribution is 7.80. The number of benzene rings is 1. The number of anilines is 1. The van der Waals surface area contributed by atoms with E-state index in [0.29, 0.717) is 4.99 Å². The standard InChI is InChI=1S/C14H18N4S/c1-11-4-5-13(12(10-11)14(15)19)16-6-2-8-18-9-3-7-17-18/h3-5,7,9-10,16H,2,6,8H2,1H3,(H2,15,19). The van der Waals surface area contributed by atoms with Gasteiger partial charge in [-0.2, -0.15) is 5.10 Å². The third-order valence-electron chi connectivity index (χ3n) is 2.88. The minimum atomic E-state index is 0.429. The van der Waals surface area contributed by atoms with Gasteiger partial charge in [0.15, 0.2) is 0 Å². The number of thiocarbonyl (C=S) groups is 1. The fraction of sp³-hybridized carbons (Fsp3) is 0.286. The molecule has 0 spiro atoms. The van der Waals surface area contributed by atoms with Gasteiger partial charge in [0.25, 0.3) is 0 Å². The number of hydrogen-bond acceptors (Lipinski definition) is 3. The SMILES string of the molecule is Cc1ccc(NCCCn2cccn2)c(C(N)=S)c1. The van der Waals surface area contributed by atoms with Gasteiger partial charge in [-0.25, -0.2) is 0 Å². The molecule has 0 unspecified atom stereocenters. The van der Waals surface area contributed by atoms with Gasteiger partial charge in [0.05, 0.1) is 0 Å². The Morgan fingerprint density at radius 2 is 2.32 bits per heavy atom. The number of nitrogens with one attached hydrogen (secondary N) is 1. The maximum Gasteiger partial charge on any atom is 0.106 e. The van der Waals surface area contributed by atoms with Crippen LogP contribution in [0, 0.1) is 6.92 Å². The molecule has 3 N–H and O–H groups in total. The third-order valence-corrected chi connectivity index (χ3v) is 3.10. The first-order valence-electron chi connectivity index (χ1n) is 6.28. The Kier molecular flexibility index (Phi) is 4.52. The van der Waals surface area contributed by atoms with E-state index >= 15 is 0 Å². The summed E-state index contributed by atoms with van der Waals surface area (Å²) in [5.41, 5.74) is 8.81. The van der Waals surface area contributed by atoms with Crippen LogP contribution < -0.4 is 11.1 Å². The topological polar surface area (TPSA) is 55.9 Å². The molecule has 0 fully saturated rings. The minimum Gasteiger partial charge on any atom is -0.389 e. The number of hydrogen-bond donors (Lipinski definition) is 2. The minimum absolute atomic E-state index is 0.429. The molecule has 0 saturated carbocycles. The van der Waals surface area contributed by atoms with Crippen LogP contribution in [0.2, 0.25) is 0 Å². The highest BCUT2D eigenvalue weighted by atomic mass is 32.1. The van der Waals surface area contributed by atoms with Crippen molar-refractivity contribution in [1.82, 2.24) is 9.78 Å². The van der Waals surface area contributed by atoms with Crippen LogP contribution in [0.1, 0.15) is 17.5 Å². The molecule has 4 nitrogen and oxygen atoms in total. The number of aromatic nitrogens is 2. The molecule has 0 aliphatic rings. The third kappa shape index (κ3) is 3.79. The Hall–Kier alpha value is -1.88. The quantitative estimate of drug-likeness (QED) is 0.627. The normalized spacial score (nSPS) is 10.4. The number of aryl methyl sites for hydroxylation is 2. The molecule has 0 aliphatic heterocycles. The van der Waals surface area contributed by atoms with Gasteiger partial charge < -0.3 is 11.1 Å². The molecule has 0 atom stereocenters. The molecular weight excluding hydrogens is 256 g/mol. The Morgan fingerprint density at radius 3 is 3.00 bits per heavy atom. The van der Waals surface area contributed by atoms with Crippen molar-refractivity contribution in [3.63, 3.8) is 0 Å². The van der Waals surface area contributed by atoms with Crippen LogP contribution in [-0.4, -0.2) is 21.3 Å². The van der Waals surface area contributed by atoms with E-state index in [1.165, 1.54) is 0 Å². The highest BCUT2D eigenvalue weighted by Gasteiger charge is 2.04. The average Bonchev–Trinajstić information content (AvgIpc) is 2.89. The van der Waals surface area contributed by atoms with Crippen molar-refractivity contribution in [2.45, 2.75) is 19.9 Å². The van der Waals surface area contributed by atoms with Gasteiger partial charge in [0.1, 0.15) is 4.99 Å². The Balaban J connectivity index is 1.90. The Morgan fingerprint density at radius 1 is 1.47 bits per heavy atom. The van der Waals surface area contributed by atoms with Gasteiger partial charge in [0, 0.05) is 36.7 Å². The molecule has 0 amide bonds. The summed E-state index contributed by atoms with van der Waals surface area (Å²) >= 11 is 5.08. The maximum atomic E-state index is 5.74. The van der Waals surface area contributed by atoms with Gasteiger partial charge in [0.2, 0.25) is 0 Å². The predicted octanol–water partition coefficient (Wildman–Crippen LogP) is 2.33. The first-order chi connectivity index (χ1) is 9.16. The van der Waals surface area contributed by atoms with Crippen LogP contribution in [0.3, 0.4) is 0 Å². The second-order valence-electron chi connectivity index (χ2n) is 4.46. The lowest BCUT2D eigenvalue weighted by Gasteiger charge is -2.12. The van der Waals surface area contributed by atoms with E-state index in [9.17, 15) is 0 Å². The van der Waals surface area contributed by atoms with Crippen molar-refractivity contribution in [2.75, 3.05) is 11.9 Å². The number of nitrogens with zero attached hydrogens (tertiary/aromatic N) is 2. The lowest BCUT2D eigenvalue weighted by molar-refractivity contribution is 0.592. The van der Waals surface area contributed by atoms with Crippen molar-refractivity contribution in [2.24, 2.45) is 5.73 Å². The van der Waals surface area contributed by atoms with Crippen LogP contribution in [-0.2, 0) is 6.54 Å². The summed E-state index contributed by atoms with van der Waals surface area (Å²) in [7, 11) is 0. The van der Waals surface area contributed by atoms with E-state index < -0.39 is 0 Å². The van der Waals surface area contributed by atoms with E-state index in [1.807, 2.05) is 36.0 Å². The van der Waals surface area contributed by atoms with Crippen molar-refractivity contribution >= 4 is 22.9 Å². The van der Waals surface area contributed by atoms with E-state index in [2.05, 4.69) is 16.5 Å². The van der Waals surface area contributed by atoms with Crippen molar-refractivity contribution in [3.05, 3.63) is 47.8 Å². The fourth-order valence-electron chi connectivity index (χ4n) is 1.91. The maximum absolute atomic E-state index is 5.74. The van der Waals surface area contributed by atoms with Gasteiger partial charge >= 0.3 is 0 Å². The predicted molar refractivity (Wildman–Crippen MR) is 82.4 cm³/mol. The van der Waals surface area contributed by atoms with Crippen molar-refractivity contribution in [3.8, 4) is 0 Å². The molecule has 0 radical (unpaired) electrons. The first kappa shape index (κ1) is 13.5. The second-order valence-corrected chi connectivity index (χ2v) is 4.90. The molecular formula is C14H18N4S. The van der Waals surface area contributed by atoms with E-state index in [0.717, 1.165) is 36.3 Å². The zero-order chi connectivity index (χ0) is 13.7. The zero-order valence-electron chi connectivity index (χ0n) is 11.0. The Labute approximate surface area is 118 Å². The molecule has 5 heteroatoms. The van der Waals surface area contributed by atoms with Gasteiger partial charge in [-0.1, -0.05) is 23.8 Å². The lowest BCUT2D eigenvalue weighted by Crippen LogP contribution is -2.14. The van der Waals surface area contributed by atoms with Gasteiger partial charge in [-0.15, -0.1) is 0 Å². The summed E-state index contributed by atoms with van der Waals surface area (Å²) < 4.78 is 1.92. The smallest absolute Gasteiger partial charge is 0.106 e. The molecule has 0 saturated heterocycles. The molecule has 0 aliphatic carbocycles. The molecule has 19 heavy (non-hydrogen) atoms. The summed E-state index contributed by atoms with van der Waals surface area (Å²) in [5, 5.41) is 7.54. The van der Waals surface area contributed by atoms with Crippen LogP contribution in [0.4, 0.5) is 5.69 Å². The second kappa shape index (κ2) is 6.33. The molecule has 2 rings (SSSR count). The van der Waals surface area contributed by atoms with Crippen LogP contribution >= 0.6 is 12.2 Å². The molecule has 0 bridgehead atoms. The molecule has 1 aromatic heterocycles. The van der Waals surface area contributed by atoms with E-state index in [1.54, 1.807) is 6.20 Å². The summed E-state index contributed by atoms with van der Waals surface area (Å²) in [5.74, 6) is 0. The summed E-state index contributed by atoms with van der Waals surface area (Å²) in [6.45, 7) is 3.79. The molecule has 100 valence electrons. The largest absolute Gasteiger partial charge is 0.389 e. The van der Waals surface area contributed by atoms with Gasteiger partial charge in [-0.3, -0.25) is 4.68 Å². The fourth-order valence-corrected chi connectivity index (χ4v) is 2.08. The average molecular weight is 274 g/mol. The van der Waals surface area contributed by atoms with Crippen LogP contribution in [0.25, 0.3) is 0 Å². The molecule has 1 aromatic carbocycles. The van der Waals surface area contributed by atoms with E-state index in [-0.39, 0.29) is 0 Å². The monoisotopic (exact) mass is 274 g/mol. The summed E-state index contributed by atoms with van der Waals surface area (Å²) in [6, 6.07) is 8.02. The van der Waals surface area contributed by atoms with Crippen LogP contribution in [0.15, 0.2) is 36.7 Å². The summed E-state index contributed by atoms with van der Waals surface area (Å²) in [6.07, 6.45) is 4.75. The number of rotatable bonds is 6. The van der Waals surface area contributed by atoms with E-state index in [4.69, 9.17) is 18.0 Å². The summed E-state index contributed by atoms with van der Waals surface area (Å²) in [4.78, 5) is 0.429. The molecule has 1 heterocycles.